The fourth-order valence-electron chi connectivity index (χ4n) is 1.37. The maximum Gasteiger partial charge on any atom is 0.0469 e. The first kappa shape index (κ1) is 10.3. The summed E-state index contributed by atoms with van der Waals surface area (Å²) < 4.78 is 5.28. The second kappa shape index (κ2) is 5.79. The molecule has 1 fully saturated rings. The lowest BCUT2D eigenvalue weighted by atomic mass is 10.0. The van der Waals surface area contributed by atoms with E-state index < -0.39 is 0 Å². The summed E-state index contributed by atoms with van der Waals surface area (Å²) in [6.45, 7) is 5.08. The molecule has 0 aromatic rings. The summed E-state index contributed by atoms with van der Waals surface area (Å²) in [5, 5.41) is 3.41. The van der Waals surface area contributed by atoms with Gasteiger partial charge in [0.1, 0.15) is 0 Å². The Morgan fingerprint density at radius 3 is 2.75 bits per heavy atom. The maximum absolute atomic E-state index is 5.68. The van der Waals surface area contributed by atoms with Crippen molar-refractivity contribution in [3.05, 3.63) is 0 Å². The van der Waals surface area contributed by atoms with E-state index in [1.165, 1.54) is 12.8 Å². The zero-order chi connectivity index (χ0) is 8.81. The molecule has 72 valence electrons. The molecule has 0 aromatic carbocycles. The zero-order valence-electron chi connectivity index (χ0n) is 7.68. The Hall–Kier alpha value is 0.210. The number of nitrogens with one attached hydrogen (secondary N) is 1. The predicted octanol–water partition coefficient (Wildman–Crippen LogP) is 1.63. The largest absolute Gasteiger partial charge is 0.381 e. The smallest absolute Gasteiger partial charge is 0.0469 e. The molecule has 1 saturated heterocycles. The third-order valence-electron chi connectivity index (χ3n) is 2.33. The third kappa shape index (κ3) is 3.74. The molecule has 0 bridgehead atoms. The Morgan fingerprint density at radius 1 is 1.50 bits per heavy atom. The van der Waals surface area contributed by atoms with E-state index in [1.54, 1.807) is 0 Å². The minimum atomic E-state index is 0.439. The summed E-state index contributed by atoms with van der Waals surface area (Å²) in [5.74, 6) is 1.49. The summed E-state index contributed by atoms with van der Waals surface area (Å²) >= 11 is 5.68. The molecule has 0 amide bonds. The monoisotopic (exact) mass is 191 g/mol. The van der Waals surface area contributed by atoms with Gasteiger partial charge in [-0.3, -0.25) is 0 Å². The van der Waals surface area contributed by atoms with Crippen LogP contribution in [0.4, 0.5) is 0 Å². The van der Waals surface area contributed by atoms with Crippen molar-refractivity contribution in [2.75, 3.05) is 25.6 Å². The molecular formula is C9H18ClNO. The van der Waals surface area contributed by atoms with Crippen molar-refractivity contribution in [2.45, 2.75) is 25.8 Å². The molecule has 3 heteroatoms. The van der Waals surface area contributed by atoms with Gasteiger partial charge in [-0.1, -0.05) is 0 Å². The van der Waals surface area contributed by atoms with Crippen LogP contribution in [0.1, 0.15) is 19.8 Å². The highest BCUT2D eigenvalue weighted by atomic mass is 35.5. The van der Waals surface area contributed by atoms with Gasteiger partial charge < -0.3 is 10.1 Å². The van der Waals surface area contributed by atoms with Gasteiger partial charge in [-0.15, -0.1) is 11.6 Å². The Kier molecular flexibility index (Phi) is 4.96. The summed E-state index contributed by atoms with van der Waals surface area (Å²) in [5.41, 5.74) is 0. The lowest BCUT2D eigenvalue weighted by molar-refractivity contribution is 0.0658. The van der Waals surface area contributed by atoms with Crippen LogP contribution in [0, 0.1) is 5.92 Å². The van der Waals surface area contributed by atoms with Crippen LogP contribution in [-0.4, -0.2) is 31.7 Å². The third-order valence-corrected chi connectivity index (χ3v) is 2.79. The second-order valence-electron chi connectivity index (χ2n) is 3.52. The average Bonchev–Trinajstić information content (AvgIpc) is 2.16. The molecule has 1 rings (SSSR count). The normalized spacial score (nSPS) is 22.5. The maximum atomic E-state index is 5.68. The molecule has 1 heterocycles. The van der Waals surface area contributed by atoms with Gasteiger partial charge in [-0.05, 0) is 32.2 Å². The van der Waals surface area contributed by atoms with Gasteiger partial charge in [0.2, 0.25) is 0 Å². The molecule has 1 N–H and O–H groups in total. The molecule has 0 aliphatic carbocycles. The first-order valence-electron chi connectivity index (χ1n) is 4.70. The number of alkyl halides is 1. The molecule has 0 aromatic heterocycles. The molecule has 1 atom stereocenters. The summed E-state index contributed by atoms with van der Waals surface area (Å²) in [6.07, 6.45) is 2.39. The summed E-state index contributed by atoms with van der Waals surface area (Å²) in [4.78, 5) is 0. The minimum absolute atomic E-state index is 0.439. The van der Waals surface area contributed by atoms with Gasteiger partial charge in [-0.2, -0.15) is 0 Å². The SMILES string of the molecule is CC(CCl)NCC1CCOCC1. The number of halogens is 1. The van der Waals surface area contributed by atoms with Gasteiger partial charge >= 0.3 is 0 Å². The van der Waals surface area contributed by atoms with E-state index >= 15 is 0 Å². The Morgan fingerprint density at radius 2 is 2.17 bits per heavy atom. The van der Waals surface area contributed by atoms with Crippen LogP contribution in [0.15, 0.2) is 0 Å². The fraction of sp³-hybridized carbons (Fsp3) is 1.00. The van der Waals surface area contributed by atoms with Crippen molar-refractivity contribution in [2.24, 2.45) is 5.92 Å². The van der Waals surface area contributed by atoms with Crippen LogP contribution in [0.2, 0.25) is 0 Å². The van der Waals surface area contributed by atoms with Crippen molar-refractivity contribution < 1.29 is 4.74 Å². The van der Waals surface area contributed by atoms with Crippen LogP contribution in [0.5, 0.6) is 0 Å². The zero-order valence-corrected chi connectivity index (χ0v) is 8.44. The molecular weight excluding hydrogens is 174 g/mol. The van der Waals surface area contributed by atoms with Gasteiger partial charge in [0, 0.05) is 25.1 Å². The summed E-state index contributed by atoms with van der Waals surface area (Å²) in [7, 11) is 0. The number of hydrogen-bond donors (Lipinski definition) is 1. The van der Waals surface area contributed by atoms with Gasteiger partial charge in [0.15, 0.2) is 0 Å². The van der Waals surface area contributed by atoms with Crippen LogP contribution in [0.3, 0.4) is 0 Å². The van der Waals surface area contributed by atoms with Crippen LogP contribution >= 0.6 is 11.6 Å². The molecule has 1 aliphatic rings. The molecule has 1 unspecified atom stereocenters. The van der Waals surface area contributed by atoms with E-state index in [-0.39, 0.29) is 0 Å². The van der Waals surface area contributed by atoms with Crippen molar-refractivity contribution in [1.82, 2.24) is 5.32 Å². The molecule has 0 radical (unpaired) electrons. The molecule has 1 aliphatic heterocycles. The summed E-state index contributed by atoms with van der Waals surface area (Å²) in [6, 6.07) is 0.439. The predicted molar refractivity (Wildman–Crippen MR) is 51.7 cm³/mol. The standard InChI is InChI=1S/C9H18ClNO/c1-8(6-10)11-7-9-2-4-12-5-3-9/h8-9,11H,2-7H2,1H3. The van der Waals surface area contributed by atoms with E-state index in [9.17, 15) is 0 Å². The molecule has 0 saturated carbocycles. The van der Waals surface area contributed by atoms with Crippen molar-refractivity contribution in [3.63, 3.8) is 0 Å². The second-order valence-corrected chi connectivity index (χ2v) is 3.83. The van der Waals surface area contributed by atoms with Crippen LogP contribution in [0.25, 0.3) is 0 Å². The Labute approximate surface area is 79.6 Å². The van der Waals surface area contributed by atoms with Crippen molar-refractivity contribution in [3.8, 4) is 0 Å². The van der Waals surface area contributed by atoms with Crippen LogP contribution < -0.4 is 5.32 Å². The number of hydrogen-bond acceptors (Lipinski definition) is 2. The van der Waals surface area contributed by atoms with E-state index in [0.29, 0.717) is 11.9 Å². The Balaban J connectivity index is 2.05. The molecule has 2 nitrogen and oxygen atoms in total. The Bertz CT molecular complexity index is 115. The topological polar surface area (TPSA) is 21.3 Å². The van der Waals surface area contributed by atoms with E-state index in [2.05, 4.69) is 12.2 Å². The molecule has 0 spiro atoms. The first-order valence-corrected chi connectivity index (χ1v) is 5.23. The fourth-order valence-corrected chi connectivity index (χ4v) is 1.48. The highest BCUT2D eigenvalue weighted by Crippen LogP contribution is 2.13. The lowest BCUT2D eigenvalue weighted by Gasteiger charge is -2.23. The van der Waals surface area contributed by atoms with Crippen molar-refractivity contribution in [1.29, 1.82) is 0 Å². The average molecular weight is 192 g/mol. The first-order chi connectivity index (χ1) is 5.83. The van der Waals surface area contributed by atoms with E-state index in [0.717, 1.165) is 25.7 Å². The number of ether oxygens (including phenoxy) is 1. The van der Waals surface area contributed by atoms with Gasteiger partial charge in [0.05, 0.1) is 0 Å². The van der Waals surface area contributed by atoms with Crippen molar-refractivity contribution >= 4 is 11.6 Å². The number of rotatable bonds is 4. The quantitative estimate of drug-likeness (QED) is 0.683. The van der Waals surface area contributed by atoms with E-state index in [1.807, 2.05) is 0 Å². The van der Waals surface area contributed by atoms with E-state index in [4.69, 9.17) is 16.3 Å². The highest BCUT2D eigenvalue weighted by Gasteiger charge is 2.13. The van der Waals surface area contributed by atoms with Crippen LogP contribution in [-0.2, 0) is 4.74 Å². The highest BCUT2D eigenvalue weighted by molar-refractivity contribution is 6.18. The minimum Gasteiger partial charge on any atom is -0.381 e. The molecule has 12 heavy (non-hydrogen) atoms. The van der Waals surface area contributed by atoms with Gasteiger partial charge in [0.25, 0.3) is 0 Å². The van der Waals surface area contributed by atoms with Gasteiger partial charge in [-0.25, -0.2) is 0 Å². The lowest BCUT2D eigenvalue weighted by Crippen LogP contribution is -2.34.